The quantitative estimate of drug-likeness (QED) is 0.805. The van der Waals surface area contributed by atoms with Crippen molar-refractivity contribution in [1.82, 2.24) is 5.32 Å². The summed E-state index contributed by atoms with van der Waals surface area (Å²) >= 11 is 0. The minimum atomic E-state index is -0.250. The van der Waals surface area contributed by atoms with Crippen molar-refractivity contribution >= 4 is 17.5 Å². The molecule has 1 saturated carbocycles. The first-order valence-electron chi connectivity index (χ1n) is 9.43. The molecule has 1 aliphatic carbocycles. The van der Waals surface area contributed by atoms with Gasteiger partial charge in [0, 0.05) is 30.8 Å². The monoisotopic (exact) mass is 344 g/mol. The first-order valence-corrected chi connectivity index (χ1v) is 9.43. The maximum Gasteiger partial charge on any atom is 0.231 e. The van der Waals surface area contributed by atoms with E-state index in [1.165, 1.54) is 5.56 Å². The van der Waals surface area contributed by atoms with Crippen molar-refractivity contribution in [1.29, 1.82) is 0 Å². The lowest BCUT2D eigenvalue weighted by atomic mass is 9.77. The number of amides is 2. The smallest absolute Gasteiger partial charge is 0.231 e. The van der Waals surface area contributed by atoms with Crippen LogP contribution < -0.4 is 10.2 Å². The summed E-state index contributed by atoms with van der Waals surface area (Å²) in [6, 6.07) is 8.22. The lowest BCUT2D eigenvalue weighted by Crippen LogP contribution is -2.47. The van der Waals surface area contributed by atoms with Crippen molar-refractivity contribution < 1.29 is 14.7 Å². The Kier molecular flexibility index (Phi) is 5.74. The summed E-state index contributed by atoms with van der Waals surface area (Å²) in [6.07, 6.45) is 4.97. The van der Waals surface area contributed by atoms with Gasteiger partial charge < -0.3 is 15.3 Å². The molecule has 2 N–H and O–H groups in total. The normalized spacial score (nSPS) is 25.5. The van der Waals surface area contributed by atoms with Crippen molar-refractivity contribution in [3.05, 3.63) is 29.8 Å². The van der Waals surface area contributed by atoms with E-state index in [4.69, 9.17) is 5.11 Å². The zero-order valence-corrected chi connectivity index (χ0v) is 14.9. The second kappa shape index (κ2) is 8.00. The number of anilines is 1. The van der Waals surface area contributed by atoms with Gasteiger partial charge in [0.05, 0.1) is 5.92 Å². The van der Waals surface area contributed by atoms with E-state index in [-0.39, 0.29) is 36.3 Å². The highest BCUT2D eigenvalue weighted by Gasteiger charge is 2.41. The second-order valence-electron chi connectivity index (χ2n) is 7.26. The molecule has 3 rings (SSSR count). The van der Waals surface area contributed by atoms with Crippen molar-refractivity contribution in [3.63, 3.8) is 0 Å². The Balaban J connectivity index is 1.76. The standard InChI is InChI=1S/C20H28N2O3/c1-14-13-15-7-2-5-10-18(15)22(14)20(25)17-9-4-3-8-16(17)19(24)21-11-6-12-23/h2,5,7,10,14,16-17,23H,3-4,6,8-9,11-13H2,1H3,(H,21,24). The molecule has 1 heterocycles. The molecule has 0 aromatic heterocycles. The largest absolute Gasteiger partial charge is 0.396 e. The summed E-state index contributed by atoms with van der Waals surface area (Å²) in [5.74, 6) is -0.428. The van der Waals surface area contributed by atoms with E-state index in [9.17, 15) is 9.59 Å². The van der Waals surface area contributed by atoms with Gasteiger partial charge in [0.2, 0.25) is 11.8 Å². The van der Waals surface area contributed by atoms with Crippen LogP contribution in [-0.4, -0.2) is 36.1 Å². The number of para-hydroxylation sites is 1. The summed E-state index contributed by atoms with van der Waals surface area (Å²) in [7, 11) is 0. The zero-order valence-electron chi connectivity index (χ0n) is 14.9. The first-order chi connectivity index (χ1) is 12.1. The molecule has 5 heteroatoms. The molecule has 1 aromatic carbocycles. The third-order valence-corrected chi connectivity index (χ3v) is 5.50. The number of aliphatic hydroxyl groups excluding tert-OH is 1. The molecule has 0 bridgehead atoms. The van der Waals surface area contributed by atoms with Gasteiger partial charge in [-0.05, 0) is 44.2 Å². The van der Waals surface area contributed by atoms with Crippen LogP contribution in [-0.2, 0) is 16.0 Å². The van der Waals surface area contributed by atoms with E-state index in [2.05, 4.69) is 18.3 Å². The van der Waals surface area contributed by atoms with Gasteiger partial charge in [-0.1, -0.05) is 31.0 Å². The molecule has 136 valence electrons. The summed E-state index contributed by atoms with van der Waals surface area (Å²) in [5, 5.41) is 11.8. The van der Waals surface area contributed by atoms with Crippen LogP contribution in [0.5, 0.6) is 0 Å². The number of benzene rings is 1. The van der Waals surface area contributed by atoms with Crippen LogP contribution >= 0.6 is 0 Å². The van der Waals surface area contributed by atoms with E-state index in [1.54, 1.807) is 0 Å². The summed E-state index contributed by atoms with van der Waals surface area (Å²) in [6.45, 7) is 2.61. The Morgan fingerprint density at radius 2 is 1.92 bits per heavy atom. The number of nitrogens with zero attached hydrogens (tertiary/aromatic N) is 1. The highest BCUT2D eigenvalue weighted by atomic mass is 16.3. The summed E-state index contributed by atoms with van der Waals surface area (Å²) in [5.41, 5.74) is 2.22. The Morgan fingerprint density at radius 3 is 2.68 bits per heavy atom. The maximum atomic E-state index is 13.3. The number of nitrogens with one attached hydrogen (secondary N) is 1. The first kappa shape index (κ1) is 17.9. The van der Waals surface area contributed by atoms with Gasteiger partial charge >= 0.3 is 0 Å². The Bertz CT molecular complexity index is 631. The topological polar surface area (TPSA) is 69.6 Å². The molecule has 1 aliphatic heterocycles. The minimum Gasteiger partial charge on any atom is -0.396 e. The van der Waals surface area contributed by atoms with Gasteiger partial charge in [0.1, 0.15) is 0 Å². The maximum absolute atomic E-state index is 13.3. The third-order valence-electron chi connectivity index (χ3n) is 5.50. The molecular weight excluding hydrogens is 316 g/mol. The molecule has 1 aromatic rings. The molecule has 1 fully saturated rings. The van der Waals surface area contributed by atoms with Crippen LogP contribution in [0, 0.1) is 11.8 Å². The van der Waals surface area contributed by atoms with E-state index in [0.717, 1.165) is 37.8 Å². The number of aliphatic hydroxyl groups is 1. The third kappa shape index (κ3) is 3.71. The molecule has 25 heavy (non-hydrogen) atoms. The molecule has 0 radical (unpaired) electrons. The van der Waals surface area contributed by atoms with Gasteiger partial charge in [0.25, 0.3) is 0 Å². The van der Waals surface area contributed by atoms with Crippen molar-refractivity contribution in [2.75, 3.05) is 18.1 Å². The van der Waals surface area contributed by atoms with E-state index >= 15 is 0 Å². The number of rotatable bonds is 5. The van der Waals surface area contributed by atoms with E-state index < -0.39 is 0 Å². The molecule has 2 aliphatic rings. The van der Waals surface area contributed by atoms with Crippen LogP contribution in [0.3, 0.4) is 0 Å². The summed E-state index contributed by atoms with van der Waals surface area (Å²) < 4.78 is 0. The summed E-state index contributed by atoms with van der Waals surface area (Å²) in [4.78, 5) is 27.8. The zero-order chi connectivity index (χ0) is 17.8. The van der Waals surface area contributed by atoms with Crippen molar-refractivity contribution in [3.8, 4) is 0 Å². The average Bonchev–Trinajstić information content (AvgIpc) is 2.97. The number of fused-ring (bicyclic) bond motifs is 1. The van der Waals surface area contributed by atoms with Gasteiger partial charge in [0.15, 0.2) is 0 Å². The molecular formula is C20H28N2O3. The van der Waals surface area contributed by atoms with Crippen LogP contribution in [0.2, 0.25) is 0 Å². The number of hydrogen-bond acceptors (Lipinski definition) is 3. The van der Waals surface area contributed by atoms with Crippen molar-refractivity contribution in [2.45, 2.75) is 51.5 Å². The minimum absolute atomic E-state index is 0.0355. The SMILES string of the molecule is CC1Cc2ccccc2N1C(=O)C1CCCCC1C(=O)NCCCO. The highest BCUT2D eigenvalue weighted by molar-refractivity contribution is 6.00. The predicted molar refractivity (Wildman–Crippen MR) is 97.3 cm³/mol. The van der Waals surface area contributed by atoms with Gasteiger partial charge in [-0.25, -0.2) is 0 Å². The fourth-order valence-corrected chi connectivity index (χ4v) is 4.24. The average molecular weight is 344 g/mol. The molecule has 0 spiro atoms. The van der Waals surface area contributed by atoms with E-state index in [1.807, 2.05) is 23.1 Å². The van der Waals surface area contributed by atoms with E-state index in [0.29, 0.717) is 13.0 Å². The number of hydrogen-bond donors (Lipinski definition) is 2. The number of carbonyl (C=O) groups is 2. The lowest BCUT2D eigenvalue weighted by molar-refractivity contribution is -0.135. The van der Waals surface area contributed by atoms with Gasteiger partial charge in [-0.2, -0.15) is 0 Å². The van der Waals surface area contributed by atoms with Gasteiger partial charge in [-0.15, -0.1) is 0 Å². The molecule has 2 amide bonds. The van der Waals surface area contributed by atoms with Crippen LogP contribution in [0.15, 0.2) is 24.3 Å². The molecule has 0 saturated heterocycles. The Morgan fingerprint density at radius 1 is 1.20 bits per heavy atom. The van der Waals surface area contributed by atoms with Crippen LogP contribution in [0.4, 0.5) is 5.69 Å². The fourth-order valence-electron chi connectivity index (χ4n) is 4.24. The Hall–Kier alpha value is -1.88. The number of carbonyl (C=O) groups excluding carboxylic acids is 2. The lowest BCUT2D eigenvalue weighted by Gasteiger charge is -2.34. The second-order valence-corrected chi connectivity index (χ2v) is 7.26. The highest BCUT2D eigenvalue weighted by Crippen LogP contribution is 2.38. The molecule has 5 nitrogen and oxygen atoms in total. The van der Waals surface area contributed by atoms with Crippen LogP contribution in [0.25, 0.3) is 0 Å². The van der Waals surface area contributed by atoms with Crippen LogP contribution in [0.1, 0.15) is 44.6 Å². The predicted octanol–water partition coefficient (Wildman–Crippen LogP) is 2.27. The fraction of sp³-hybridized carbons (Fsp3) is 0.600. The van der Waals surface area contributed by atoms with Gasteiger partial charge in [-0.3, -0.25) is 9.59 Å². The molecule has 3 atom stereocenters. The Labute approximate surface area is 149 Å². The van der Waals surface area contributed by atoms with Crippen molar-refractivity contribution in [2.24, 2.45) is 11.8 Å². The molecule has 3 unspecified atom stereocenters.